The summed E-state index contributed by atoms with van der Waals surface area (Å²) in [4.78, 5) is 28.1. The Labute approximate surface area is 176 Å². The van der Waals surface area contributed by atoms with Gasteiger partial charge in [0.05, 0.1) is 0 Å². The van der Waals surface area contributed by atoms with Crippen LogP contribution in [0.2, 0.25) is 0 Å². The number of anilines is 1. The zero-order chi connectivity index (χ0) is 20.9. The monoisotopic (exact) mass is 402 g/mol. The van der Waals surface area contributed by atoms with Gasteiger partial charge in [-0.3, -0.25) is 9.59 Å². The fourth-order valence-electron chi connectivity index (χ4n) is 4.10. The predicted molar refractivity (Wildman–Crippen MR) is 119 cm³/mol. The first-order valence-corrected chi connectivity index (χ1v) is 10.4. The van der Waals surface area contributed by atoms with Crippen LogP contribution in [0.5, 0.6) is 0 Å². The van der Waals surface area contributed by atoms with E-state index in [9.17, 15) is 9.59 Å². The third-order valence-electron chi connectivity index (χ3n) is 5.72. The van der Waals surface area contributed by atoms with E-state index in [2.05, 4.69) is 17.0 Å². The highest BCUT2D eigenvalue weighted by Gasteiger charge is 2.23. The van der Waals surface area contributed by atoms with E-state index < -0.39 is 5.97 Å². The first kappa shape index (κ1) is 20.0. The van der Waals surface area contributed by atoms with Crippen LogP contribution in [0.3, 0.4) is 0 Å². The Kier molecular flexibility index (Phi) is 5.98. The first-order chi connectivity index (χ1) is 14.6. The van der Waals surface area contributed by atoms with E-state index in [1.54, 1.807) is 0 Å². The van der Waals surface area contributed by atoms with Gasteiger partial charge in [0.25, 0.3) is 5.91 Å². The van der Waals surface area contributed by atoms with Gasteiger partial charge in [0, 0.05) is 43.9 Å². The summed E-state index contributed by atoms with van der Waals surface area (Å²) in [6.07, 6.45) is 1.60. The van der Waals surface area contributed by atoms with Crippen LogP contribution < -0.4 is 4.90 Å². The molecular formula is C25H26N2O3. The van der Waals surface area contributed by atoms with Gasteiger partial charge >= 0.3 is 5.97 Å². The van der Waals surface area contributed by atoms with Crippen molar-refractivity contribution in [2.75, 3.05) is 31.1 Å². The second kappa shape index (κ2) is 8.99. The molecule has 5 nitrogen and oxygen atoms in total. The van der Waals surface area contributed by atoms with Crippen LogP contribution in [0.15, 0.2) is 66.7 Å². The number of carboxylic acid groups (broad SMARTS) is 1. The fourth-order valence-corrected chi connectivity index (χ4v) is 4.10. The SMILES string of the molecule is O=C(O)CCCc1cccc(N2CCN(C(=O)c3cccc4ccccc34)CC2)c1. The van der Waals surface area contributed by atoms with Crippen LogP contribution >= 0.6 is 0 Å². The summed E-state index contributed by atoms with van der Waals surface area (Å²) in [6, 6.07) is 22.2. The number of carboxylic acids is 1. The molecule has 30 heavy (non-hydrogen) atoms. The lowest BCUT2D eigenvalue weighted by atomic mass is 10.0. The van der Waals surface area contributed by atoms with Crippen LogP contribution in [0, 0.1) is 0 Å². The van der Waals surface area contributed by atoms with Crippen molar-refractivity contribution in [3.05, 3.63) is 77.9 Å². The second-order valence-electron chi connectivity index (χ2n) is 7.72. The van der Waals surface area contributed by atoms with E-state index in [1.807, 2.05) is 59.5 Å². The van der Waals surface area contributed by atoms with E-state index in [0.29, 0.717) is 19.5 Å². The third-order valence-corrected chi connectivity index (χ3v) is 5.72. The Morgan fingerprint density at radius 3 is 2.40 bits per heavy atom. The number of nitrogens with zero attached hydrogens (tertiary/aromatic N) is 2. The van der Waals surface area contributed by atoms with Crippen molar-refractivity contribution in [2.24, 2.45) is 0 Å². The molecule has 5 heteroatoms. The number of amides is 1. The van der Waals surface area contributed by atoms with E-state index in [1.165, 1.54) is 0 Å². The van der Waals surface area contributed by atoms with Gasteiger partial charge in [-0.2, -0.15) is 0 Å². The van der Waals surface area contributed by atoms with E-state index >= 15 is 0 Å². The van der Waals surface area contributed by atoms with Gasteiger partial charge in [0.15, 0.2) is 0 Å². The number of rotatable bonds is 6. The number of carbonyl (C=O) groups is 2. The Balaban J connectivity index is 1.40. The first-order valence-electron chi connectivity index (χ1n) is 10.4. The summed E-state index contributed by atoms with van der Waals surface area (Å²) in [5.74, 6) is -0.660. The lowest BCUT2D eigenvalue weighted by Crippen LogP contribution is -2.48. The smallest absolute Gasteiger partial charge is 0.303 e. The highest BCUT2D eigenvalue weighted by atomic mass is 16.4. The lowest BCUT2D eigenvalue weighted by molar-refractivity contribution is -0.137. The molecule has 1 heterocycles. The summed E-state index contributed by atoms with van der Waals surface area (Å²) < 4.78 is 0. The van der Waals surface area contributed by atoms with Crippen molar-refractivity contribution < 1.29 is 14.7 Å². The zero-order valence-corrected chi connectivity index (χ0v) is 17.0. The maximum absolute atomic E-state index is 13.1. The van der Waals surface area contributed by atoms with Crippen LogP contribution in [-0.2, 0) is 11.2 Å². The number of benzene rings is 3. The molecule has 1 aliphatic heterocycles. The van der Waals surface area contributed by atoms with Crippen molar-refractivity contribution in [1.82, 2.24) is 4.90 Å². The molecule has 3 aromatic rings. The number of carbonyl (C=O) groups excluding carboxylic acids is 1. The van der Waals surface area contributed by atoms with E-state index in [0.717, 1.165) is 47.1 Å². The van der Waals surface area contributed by atoms with Gasteiger partial charge in [-0.15, -0.1) is 0 Å². The highest BCUT2D eigenvalue weighted by molar-refractivity contribution is 6.07. The lowest BCUT2D eigenvalue weighted by Gasteiger charge is -2.36. The topological polar surface area (TPSA) is 60.9 Å². The maximum Gasteiger partial charge on any atom is 0.303 e. The van der Waals surface area contributed by atoms with Gasteiger partial charge in [0.2, 0.25) is 0 Å². The van der Waals surface area contributed by atoms with Crippen LogP contribution in [0.25, 0.3) is 10.8 Å². The number of piperazine rings is 1. The Morgan fingerprint density at radius 1 is 0.867 bits per heavy atom. The van der Waals surface area contributed by atoms with Crippen molar-refractivity contribution in [1.29, 1.82) is 0 Å². The summed E-state index contributed by atoms with van der Waals surface area (Å²) in [6.45, 7) is 2.95. The summed E-state index contributed by atoms with van der Waals surface area (Å²) >= 11 is 0. The molecule has 0 aliphatic carbocycles. The minimum Gasteiger partial charge on any atom is -0.481 e. The van der Waals surface area contributed by atoms with Crippen molar-refractivity contribution in [3.8, 4) is 0 Å². The Bertz CT molecular complexity index is 1050. The quantitative estimate of drug-likeness (QED) is 0.671. The molecule has 3 aromatic carbocycles. The molecule has 0 spiro atoms. The molecule has 1 amide bonds. The summed E-state index contributed by atoms with van der Waals surface area (Å²) in [5, 5.41) is 10.9. The third kappa shape index (κ3) is 4.46. The van der Waals surface area contributed by atoms with Crippen molar-refractivity contribution >= 4 is 28.3 Å². The molecule has 0 saturated carbocycles. The number of hydrogen-bond donors (Lipinski definition) is 1. The molecule has 0 radical (unpaired) electrons. The molecule has 0 atom stereocenters. The molecule has 0 bridgehead atoms. The molecule has 4 rings (SSSR count). The van der Waals surface area contributed by atoms with Crippen LogP contribution in [-0.4, -0.2) is 48.1 Å². The molecule has 154 valence electrons. The summed E-state index contributed by atoms with van der Waals surface area (Å²) in [7, 11) is 0. The number of fused-ring (bicyclic) bond motifs is 1. The zero-order valence-electron chi connectivity index (χ0n) is 17.0. The molecular weight excluding hydrogens is 376 g/mol. The Hall–Kier alpha value is -3.34. The normalized spacial score (nSPS) is 14.1. The fraction of sp³-hybridized carbons (Fsp3) is 0.280. The molecule has 0 unspecified atom stereocenters. The van der Waals surface area contributed by atoms with Crippen LogP contribution in [0.4, 0.5) is 5.69 Å². The second-order valence-corrected chi connectivity index (χ2v) is 7.72. The van der Waals surface area contributed by atoms with Crippen molar-refractivity contribution in [2.45, 2.75) is 19.3 Å². The standard InChI is InChI=1S/C25H26N2O3/c28-24(29)13-4-7-19-6-3-10-21(18-19)26-14-16-27(17-15-26)25(30)23-12-5-9-20-8-1-2-11-22(20)23/h1-3,5-6,8-12,18H,4,7,13-17H2,(H,28,29). The van der Waals surface area contributed by atoms with E-state index in [4.69, 9.17) is 5.11 Å². The van der Waals surface area contributed by atoms with Gasteiger partial charge in [0.1, 0.15) is 0 Å². The molecule has 0 aromatic heterocycles. The maximum atomic E-state index is 13.1. The largest absolute Gasteiger partial charge is 0.481 e. The van der Waals surface area contributed by atoms with E-state index in [-0.39, 0.29) is 12.3 Å². The number of aryl methyl sites for hydroxylation is 1. The van der Waals surface area contributed by atoms with Gasteiger partial charge in [-0.05, 0) is 47.4 Å². The molecule has 1 saturated heterocycles. The molecule has 1 N–H and O–H groups in total. The average Bonchev–Trinajstić information content (AvgIpc) is 2.78. The van der Waals surface area contributed by atoms with Gasteiger partial charge in [-0.1, -0.05) is 48.5 Å². The van der Waals surface area contributed by atoms with Gasteiger partial charge in [-0.25, -0.2) is 0 Å². The number of aliphatic carboxylic acids is 1. The molecule has 1 aliphatic rings. The minimum atomic E-state index is -0.752. The minimum absolute atomic E-state index is 0.0915. The van der Waals surface area contributed by atoms with Gasteiger partial charge < -0.3 is 14.9 Å². The summed E-state index contributed by atoms with van der Waals surface area (Å²) in [5.41, 5.74) is 3.06. The van der Waals surface area contributed by atoms with Crippen molar-refractivity contribution in [3.63, 3.8) is 0 Å². The Morgan fingerprint density at radius 2 is 1.60 bits per heavy atom. The highest BCUT2D eigenvalue weighted by Crippen LogP contribution is 2.23. The molecule has 1 fully saturated rings. The number of hydrogen-bond acceptors (Lipinski definition) is 3. The predicted octanol–water partition coefficient (Wildman–Crippen LogP) is 4.21. The average molecular weight is 402 g/mol. The van der Waals surface area contributed by atoms with Crippen LogP contribution in [0.1, 0.15) is 28.8 Å².